The Hall–Kier alpha value is -2.04. The average molecular weight is 330 g/mol. The first kappa shape index (κ1) is 16.8. The van der Waals surface area contributed by atoms with Crippen LogP contribution >= 0.6 is 0 Å². The number of amides is 2. The zero-order chi connectivity index (χ0) is 17.6. The summed E-state index contributed by atoms with van der Waals surface area (Å²) in [6, 6.07) is 10.2. The molecule has 1 aliphatic heterocycles. The Morgan fingerprint density at radius 3 is 2.62 bits per heavy atom. The second-order valence-electron chi connectivity index (χ2n) is 8.20. The first-order valence-electron chi connectivity index (χ1n) is 8.50. The maximum Gasteiger partial charge on any atom is 0.408 e. The molecule has 5 heteroatoms. The lowest BCUT2D eigenvalue weighted by Gasteiger charge is -2.32. The molecule has 3 rings (SSSR count). The summed E-state index contributed by atoms with van der Waals surface area (Å²) in [4.78, 5) is 24.8. The van der Waals surface area contributed by atoms with Crippen LogP contribution in [-0.2, 0) is 16.0 Å². The summed E-state index contributed by atoms with van der Waals surface area (Å²) in [6.07, 6.45) is 1.17. The summed E-state index contributed by atoms with van der Waals surface area (Å²) in [6.45, 7) is 7.88. The second-order valence-corrected chi connectivity index (χ2v) is 8.20. The van der Waals surface area contributed by atoms with Gasteiger partial charge in [-0.2, -0.15) is 0 Å². The Morgan fingerprint density at radius 2 is 2.00 bits per heavy atom. The molecule has 1 aliphatic carbocycles. The standard InChI is InChI=1S/C19H26N2O3/c1-17(2,3)24-16(23)21-18(4)12-20-15(22)19(18)11-14(19)10-13-8-6-5-7-9-13/h5-9,14H,10-12H2,1-4H3,(H,20,22)(H,21,23). The van der Waals surface area contributed by atoms with Crippen molar-refractivity contribution in [3.05, 3.63) is 35.9 Å². The second kappa shape index (κ2) is 5.50. The Kier molecular flexibility index (Phi) is 3.85. The molecule has 1 aromatic carbocycles. The van der Waals surface area contributed by atoms with Crippen molar-refractivity contribution >= 4 is 12.0 Å². The zero-order valence-corrected chi connectivity index (χ0v) is 14.8. The molecule has 1 heterocycles. The molecule has 3 atom stereocenters. The number of hydrogen-bond donors (Lipinski definition) is 2. The van der Waals surface area contributed by atoms with Crippen molar-refractivity contribution in [1.29, 1.82) is 0 Å². The monoisotopic (exact) mass is 330 g/mol. The fourth-order valence-corrected chi connectivity index (χ4v) is 3.94. The van der Waals surface area contributed by atoms with Crippen LogP contribution in [0.25, 0.3) is 0 Å². The molecule has 0 aromatic heterocycles. The molecule has 2 aliphatic rings. The molecule has 2 N–H and O–H groups in total. The summed E-state index contributed by atoms with van der Waals surface area (Å²) in [5.41, 5.74) is -0.485. The molecule has 24 heavy (non-hydrogen) atoms. The highest BCUT2D eigenvalue weighted by Gasteiger charge is 2.72. The first-order valence-corrected chi connectivity index (χ1v) is 8.50. The van der Waals surface area contributed by atoms with Crippen LogP contribution in [0.3, 0.4) is 0 Å². The molecule has 2 amide bonds. The van der Waals surface area contributed by atoms with Gasteiger partial charge in [0.2, 0.25) is 5.91 Å². The largest absolute Gasteiger partial charge is 0.444 e. The predicted octanol–water partition coefficient (Wildman–Crippen LogP) is 2.65. The fraction of sp³-hybridized carbons (Fsp3) is 0.579. The number of ether oxygens (including phenoxy) is 1. The minimum atomic E-state index is -0.619. The number of carbonyl (C=O) groups is 2. The van der Waals surface area contributed by atoms with Crippen molar-refractivity contribution in [2.45, 2.75) is 51.7 Å². The van der Waals surface area contributed by atoms with E-state index in [4.69, 9.17) is 4.74 Å². The number of nitrogens with one attached hydrogen (secondary N) is 2. The summed E-state index contributed by atoms with van der Waals surface area (Å²) in [7, 11) is 0. The van der Waals surface area contributed by atoms with Crippen LogP contribution < -0.4 is 10.6 Å². The van der Waals surface area contributed by atoms with Crippen LogP contribution in [0.1, 0.15) is 39.7 Å². The zero-order valence-electron chi connectivity index (χ0n) is 14.8. The third kappa shape index (κ3) is 2.87. The van der Waals surface area contributed by atoms with Crippen molar-refractivity contribution < 1.29 is 14.3 Å². The van der Waals surface area contributed by atoms with Gasteiger partial charge in [-0.05, 0) is 52.0 Å². The number of rotatable bonds is 3. The van der Waals surface area contributed by atoms with Gasteiger partial charge in [0.05, 0.1) is 11.0 Å². The Balaban J connectivity index is 1.74. The number of hydrogen-bond acceptors (Lipinski definition) is 3. The maximum absolute atomic E-state index is 12.5. The van der Waals surface area contributed by atoms with Crippen molar-refractivity contribution in [2.75, 3.05) is 6.54 Å². The van der Waals surface area contributed by atoms with Crippen molar-refractivity contribution in [3.63, 3.8) is 0 Å². The van der Waals surface area contributed by atoms with Crippen molar-refractivity contribution in [2.24, 2.45) is 11.3 Å². The first-order chi connectivity index (χ1) is 11.2. The molecule has 1 spiro atoms. The van der Waals surface area contributed by atoms with Gasteiger partial charge >= 0.3 is 6.09 Å². The Labute approximate surface area is 143 Å². The molecule has 1 aromatic rings. The Bertz CT molecular complexity index is 652. The number of carbonyl (C=O) groups excluding carboxylic acids is 2. The highest BCUT2D eigenvalue weighted by atomic mass is 16.6. The molecule has 130 valence electrons. The molecule has 0 radical (unpaired) electrons. The molecule has 0 bridgehead atoms. The van der Waals surface area contributed by atoms with Crippen LogP contribution in [0.5, 0.6) is 0 Å². The number of alkyl carbamates (subject to hydrolysis) is 1. The van der Waals surface area contributed by atoms with Gasteiger partial charge < -0.3 is 15.4 Å². The molecule has 3 unspecified atom stereocenters. The van der Waals surface area contributed by atoms with Crippen LogP contribution in [0.4, 0.5) is 4.79 Å². The summed E-state index contributed by atoms with van der Waals surface area (Å²) < 4.78 is 5.39. The van der Waals surface area contributed by atoms with E-state index >= 15 is 0 Å². The molecule has 5 nitrogen and oxygen atoms in total. The van der Waals surface area contributed by atoms with E-state index in [1.165, 1.54) is 5.56 Å². The lowest BCUT2D eigenvalue weighted by atomic mass is 9.82. The minimum absolute atomic E-state index is 0.0435. The lowest BCUT2D eigenvalue weighted by Crippen LogP contribution is -2.55. The topological polar surface area (TPSA) is 67.4 Å². The minimum Gasteiger partial charge on any atom is -0.444 e. The van der Waals surface area contributed by atoms with Crippen LogP contribution in [0, 0.1) is 11.3 Å². The quantitative estimate of drug-likeness (QED) is 0.895. The van der Waals surface area contributed by atoms with Gasteiger partial charge in [-0.25, -0.2) is 4.79 Å². The molecular weight excluding hydrogens is 304 g/mol. The predicted molar refractivity (Wildman–Crippen MR) is 91.5 cm³/mol. The van der Waals surface area contributed by atoms with Crippen molar-refractivity contribution in [3.8, 4) is 0 Å². The van der Waals surface area contributed by atoms with Gasteiger partial charge in [0.15, 0.2) is 0 Å². The maximum atomic E-state index is 12.5. The van der Waals surface area contributed by atoms with Gasteiger partial charge in [0.1, 0.15) is 5.60 Å². The van der Waals surface area contributed by atoms with E-state index in [1.54, 1.807) is 0 Å². The van der Waals surface area contributed by atoms with Gasteiger partial charge in [-0.3, -0.25) is 4.79 Å². The average Bonchev–Trinajstić information content (AvgIpc) is 3.14. The molecular formula is C19H26N2O3. The highest BCUT2D eigenvalue weighted by Crippen LogP contribution is 2.62. The smallest absolute Gasteiger partial charge is 0.408 e. The van der Waals surface area contributed by atoms with E-state index in [1.807, 2.05) is 45.9 Å². The van der Waals surface area contributed by atoms with E-state index in [0.717, 1.165) is 12.8 Å². The summed E-state index contributed by atoms with van der Waals surface area (Å²) >= 11 is 0. The van der Waals surface area contributed by atoms with E-state index in [0.29, 0.717) is 6.54 Å². The summed E-state index contributed by atoms with van der Waals surface area (Å²) in [5.74, 6) is 0.282. The van der Waals surface area contributed by atoms with Gasteiger partial charge in [-0.1, -0.05) is 30.3 Å². The number of benzene rings is 1. The summed E-state index contributed by atoms with van der Waals surface area (Å²) in [5, 5.41) is 5.90. The lowest BCUT2D eigenvalue weighted by molar-refractivity contribution is -0.125. The molecule has 2 fully saturated rings. The van der Waals surface area contributed by atoms with E-state index < -0.39 is 22.6 Å². The Morgan fingerprint density at radius 1 is 1.33 bits per heavy atom. The molecule has 1 saturated heterocycles. The van der Waals surface area contributed by atoms with Crippen LogP contribution in [0.15, 0.2) is 30.3 Å². The van der Waals surface area contributed by atoms with Crippen molar-refractivity contribution in [1.82, 2.24) is 10.6 Å². The third-order valence-electron chi connectivity index (χ3n) is 5.20. The van der Waals surface area contributed by atoms with Gasteiger partial charge in [-0.15, -0.1) is 0 Å². The SMILES string of the molecule is CC(C)(C)OC(=O)NC1(C)CNC(=O)C12CC2Cc1ccccc1. The van der Waals surface area contributed by atoms with E-state index in [2.05, 4.69) is 22.8 Å². The third-order valence-corrected chi connectivity index (χ3v) is 5.20. The van der Waals surface area contributed by atoms with Gasteiger partial charge in [0, 0.05) is 6.54 Å². The molecule has 1 saturated carbocycles. The fourth-order valence-electron chi connectivity index (χ4n) is 3.94. The van der Waals surface area contributed by atoms with Gasteiger partial charge in [0.25, 0.3) is 0 Å². The van der Waals surface area contributed by atoms with Crippen LogP contribution in [-0.4, -0.2) is 29.7 Å². The normalized spacial score (nSPS) is 31.7. The van der Waals surface area contributed by atoms with E-state index in [-0.39, 0.29) is 11.8 Å². The highest BCUT2D eigenvalue weighted by molar-refractivity contribution is 5.91. The van der Waals surface area contributed by atoms with Crippen LogP contribution in [0.2, 0.25) is 0 Å². The van der Waals surface area contributed by atoms with E-state index in [9.17, 15) is 9.59 Å².